The van der Waals surface area contributed by atoms with Gasteiger partial charge in [-0.05, 0) is 23.8 Å². The van der Waals surface area contributed by atoms with Gasteiger partial charge in [0.1, 0.15) is 0 Å². The van der Waals surface area contributed by atoms with Gasteiger partial charge in [0.25, 0.3) is 0 Å². The number of benzene rings is 1. The Morgan fingerprint density at radius 1 is 1.50 bits per heavy atom. The van der Waals surface area contributed by atoms with Crippen LogP contribution in [-0.4, -0.2) is 5.97 Å². The lowest BCUT2D eigenvalue weighted by Crippen LogP contribution is -2.18. The van der Waals surface area contributed by atoms with Crippen molar-refractivity contribution in [2.45, 2.75) is 0 Å². The Bertz CT molecular complexity index is 318. The van der Waals surface area contributed by atoms with Gasteiger partial charge in [-0.25, -0.2) is 0 Å². The number of aliphatic carboxylic acids is 1. The lowest BCUT2D eigenvalue weighted by atomic mass is 10.2. The first-order chi connectivity index (χ1) is 5.68. The summed E-state index contributed by atoms with van der Waals surface area (Å²) in [6.45, 7) is 0. The standard InChI is InChI=1S/C9H7BrO2/c10-8-3-1-2-7(6-8)4-5-9(11)12/h1-6H,(H,11,12)/p-1/b5-4+. The van der Waals surface area contributed by atoms with Crippen LogP contribution in [0.3, 0.4) is 0 Å². The second-order valence-corrected chi connectivity index (χ2v) is 3.12. The van der Waals surface area contributed by atoms with Crippen LogP contribution in [0.2, 0.25) is 0 Å². The van der Waals surface area contributed by atoms with Gasteiger partial charge in [0, 0.05) is 4.47 Å². The molecule has 0 aliphatic rings. The van der Waals surface area contributed by atoms with Crippen LogP contribution in [0, 0.1) is 0 Å². The summed E-state index contributed by atoms with van der Waals surface area (Å²) in [5.74, 6) is -1.19. The van der Waals surface area contributed by atoms with Crippen molar-refractivity contribution in [1.82, 2.24) is 0 Å². The average molecular weight is 226 g/mol. The second-order valence-electron chi connectivity index (χ2n) is 2.21. The molecule has 0 atom stereocenters. The summed E-state index contributed by atoms with van der Waals surface area (Å²) in [5.41, 5.74) is 0.827. The van der Waals surface area contributed by atoms with Crippen LogP contribution >= 0.6 is 15.9 Å². The highest BCUT2D eigenvalue weighted by molar-refractivity contribution is 9.10. The molecule has 62 valence electrons. The lowest BCUT2D eigenvalue weighted by molar-refractivity contribution is -0.297. The van der Waals surface area contributed by atoms with Gasteiger partial charge in [-0.2, -0.15) is 0 Å². The molecule has 1 rings (SSSR count). The Labute approximate surface area is 78.7 Å². The summed E-state index contributed by atoms with van der Waals surface area (Å²) >= 11 is 3.27. The van der Waals surface area contributed by atoms with Crippen molar-refractivity contribution in [3.63, 3.8) is 0 Å². The molecule has 0 radical (unpaired) electrons. The van der Waals surface area contributed by atoms with Crippen LogP contribution in [0.1, 0.15) is 5.56 Å². The molecular formula is C9H6BrO2-. The molecule has 0 aliphatic carbocycles. The van der Waals surface area contributed by atoms with Crippen LogP contribution in [0.4, 0.5) is 0 Å². The lowest BCUT2D eigenvalue weighted by Gasteiger charge is -1.94. The van der Waals surface area contributed by atoms with Crippen LogP contribution in [-0.2, 0) is 4.79 Å². The number of carbonyl (C=O) groups is 1. The molecule has 0 N–H and O–H groups in total. The van der Waals surface area contributed by atoms with Crippen molar-refractivity contribution < 1.29 is 9.90 Å². The molecule has 0 fully saturated rings. The molecule has 0 amide bonds. The van der Waals surface area contributed by atoms with E-state index in [1.165, 1.54) is 6.08 Å². The molecular weight excluding hydrogens is 220 g/mol. The Kier molecular flexibility index (Phi) is 3.05. The summed E-state index contributed by atoms with van der Waals surface area (Å²) in [4.78, 5) is 10.0. The molecule has 0 aromatic heterocycles. The van der Waals surface area contributed by atoms with Crippen LogP contribution in [0.5, 0.6) is 0 Å². The third kappa shape index (κ3) is 2.88. The van der Waals surface area contributed by atoms with E-state index >= 15 is 0 Å². The first-order valence-electron chi connectivity index (χ1n) is 3.33. The van der Waals surface area contributed by atoms with Crippen molar-refractivity contribution in [1.29, 1.82) is 0 Å². The summed E-state index contributed by atoms with van der Waals surface area (Å²) in [7, 11) is 0. The number of rotatable bonds is 2. The maximum absolute atomic E-state index is 10.0. The average Bonchev–Trinajstić information content (AvgIpc) is 2.01. The monoisotopic (exact) mass is 225 g/mol. The first kappa shape index (κ1) is 9.00. The van der Waals surface area contributed by atoms with Gasteiger partial charge in [0.15, 0.2) is 0 Å². The van der Waals surface area contributed by atoms with Gasteiger partial charge < -0.3 is 9.90 Å². The Hall–Kier alpha value is -1.09. The molecule has 0 spiro atoms. The number of hydrogen-bond donors (Lipinski definition) is 0. The smallest absolute Gasteiger partial charge is 0.0643 e. The van der Waals surface area contributed by atoms with Gasteiger partial charge in [-0.3, -0.25) is 0 Å². The predicted octanol–water partition coefficient (Wildman–Crippen LogP) is 1.21. The van der Waals surface area contributed by atoms with E-state index in [1.807, 2.05) is 24.3 Å². The predicted molar refractivity (Wildman–Crippen MR) is 48.2 cm³/mol. The van der Waals surface area contributed by atoms with Crippen molar-refractivity contribution in [2.75, 3.05) is 0 Å². The summed E-state index contributed by atoms with van der Waals surface area (Å²) in [6.07, 6.45) is 2.49. The van der Waals surface area contributed by atoms with Gasteiger partial charge in [0.2, 0.25) is 0 Å². The SMILES string of the molecule is O=C([O-])/C=C/c1cccc(Br)c1. The molecule has 0 bridgehead atoms. The number of halogens is 1. The number of carboxylic acid groups (broad SMARTS) is 1. The number of carbonyl (C=O) groups excluding carboxylic acids is 1. The van der Waals surface area contributed by atoms with E-state index in [1.54, 1.807) is 0 Å². The van der Waals surface area contributed by atoms with Gasteiger partial charge in [-0.15, -0.1) is 0 Å². The highest BCUT2D eigenvalue weighted by Crippen LogP contribution is 2.12. The van der Waals surface area contributed by atoms with E-state index in [0.717, 1.165) is 16.1 Å². The molecule has 0 saturated carbocycles. The fourth-order valence-corrected chi connectivity index (χ4v) is 1.19. The molecule has 0 aliphatic heterocycles. The van der Waals surface area contributed by atoms with E-state index in [4.69, 9.17) is 0 Å². The molecule has 1 aromatic rings. The van der Waals surface area contributed by atoms with Crippen LogP contribution in [0.15, 0.2) is 34.8 Å². The summed E-state index contributed by atoms with van der Waals surface area (Å²) in [5, 5.41) is 10.0. The fraction of sp³-hybridized carbons (Fsp3) is 0. The Balaban J connectivity index is 2.83. The zero-order valence-electron chi connectivity index (χ0n) is 6.16. The minimum Gasteiger partial charge on any atom is -0.545 e. The quantitative estimate of drug-likeness (QED) is 0.711. The highest BCUT2D eigenvalue weighted by Gasteiger charge is 1.87. The zero-order chi connectivity index (χ0) is 8.97. The molecule has 0 heterocycles. The van der Waals surface area contributed by atoms with Crippen molar-refractivity contribution in [2.24, 2.45) is 0 Å². The van der Waals surface area contributed by atoms with Crippen LogP contribution in [0.25, 0.3) is 6.08 Å². The Morgan fingerprint density at radius 3 is 2.83 bits per heavy atom. The normalized spacial score (nSPS) is 10.4. The van der Waals surface area contributed by atoms with Crippen molar-refractivity contribution >= 4 is 28.0 Å². The molecule has 3 heteroatoms. The topological polar surface area (TPSA) is 40.1 Å². The van der Waals surface area contributed by atoms with Crippen molar-refractivity contribution in [3.8, 4) is 0 Å². The van der Waals surface area contributed by atoms with Gasteiger partial charge in [-0.1, -0.05) is 34.1 Å². The maximum atomic E-state index is 10.0. The van der Waals surface area contributed by atoms with Gasteiger partial charge in [0.05, 0.1) is 5.97 Å². The Morgan fingerprint density at radius 2 is 2.25 bits per heavy atom. The third-order valence-corrected chi connectivity index (χ3v) is 1.75. The zero-order valence-corrected chi connectivity index (χ0v) is 7.74. The van der Waals surface area contributed by atoms with E-state index in [9.17, 15) is 9.90 Å². The summed E-state index contributed by atoms with van der Waals surface area (Å²) in [6, 6.07) is 7.33. The fourth-order valence-electron chi connectivity index (χ4n) is 0.775. The molecule has 0 unspecified atom stereocenters. The third-order valence-electron chi connectivity index (χ3n) is 1.26. The molecule has 1 aromatic carbocycles. The van der Waals surface area contributed by atoms with Crippen molar-refractivity contribution in [3.05, 3.63) is 40.4 Å². The largest absolute Gasteiger partial charge is 0.545 e. The molecule has 2 nitrogen and oxygen atoms in total. The second kappa shape index (κ2) is 4.07. The first-order valence-corrected chi connectivity index (χ1v) is 4.12. The molecule has 0 saturated heterocycles. The molecule has 12 heavy (non-hydrogen) atoms. The van der Waals surface area contributed by atoms with Crippen LogP contribution < -0.4 is 5.11 Å². The van der Waals surface area contributed by atoms with E-state index in [0.29, 0.717) is 0 Å². The number of carboxylic acids is 1. The van der Waals surface area contributed by atoms with E-state index in [2.05, 4.69) is 15.9 Å². The van der Waals surface area contributed by atoms with Gasteiger partial charge >= 0.3 is 0 Å². The minimum absolute atomic E-state index is 0.827. The number of hydrogen-bond acceptors (Lipinski definition) is 2. The maximum Gasteiger partial charge on any atom is 0.0643 e. The van der Waals surface area contributed by atoms with E-state index < -0.39 is 5.97 Å². The summed E-state index contributed by atoms with van der Waals surface area (Å²) < 4.78 is 0.919. The van der Waals surface area contributed by atoms with E-state index in [-0.39, 0.29) is 0 Å². The highest BCUT2D eigenvalue weighted by atomic mass is 79.9. The minimum atomic E-state index is -1.19.